The molecular weight excluding hydrogens is 298 g/mol. The number of hydrogen-bond acceptors (Lipinski definition) is 1. The molecule has 0 fully saturated rings. The van der Waals surface area contributed by atoms with Crippen LogP contribution in [0.4, 0.5) is 4.39 Å². The van der Waals surface area contributed by atoms with Crippen LogP contribution in [-0.2, 0) is 6.42 Å². The molecule has 0 aliphatic carbocycles. The van der Waals surface area contributed by atoms with Gasteiger partial charge in [-0.3, -0.25) is 4.57 Å². The van der Waals surface area contributed by atoms with Gasteiger partial charge in [0.25, 0.3) is 0 Å². The molecule has 0 N–H and O–H groups in total. The Morgan fingerprint density at radius 3 is 2.75 bits per heavy atom. The van der Waals surface area contributed by atoms with Crippen molar-refractivity contribution in [2.24, 2.45) is 0 Å². The van der Waals surface area contributed by atoms with Crippen LogP contribution in [0.5, 0.6) is 0 Å². The summed E-state index contributed by atoms with van der Waals surface area (Å²) in [6.07, 6.45) is 0.602. The maximum absolute atomic E-state index is 13.5. The predicted molar refractivity (Wildman–Crippen MR) is 80.5 cm³/mol. The van der Waals surface area contributed by atoms with Crippen LogP contribution >= 0.6 is 23.2 Å². The lowest BCUT2D eigenvalue weighted by atomic mass is 10.2. The van der Waals surface area contributed by atoms with Gasteiger partial charge >= 0.3 is 0 Å². The van der Waals surface area contributed by atoms with E-state index in [-0.39, 0.29) is 5.82 Å². The van der Waals surface area contributed by atoms with E-state index in [1.54, 1.807) is 12.1 Å². The molecule has 0 amide bonds. The van der Waals surface area contributed by atoms with E-state index in [4.69, 9.17) is 23.2 Å². The first-order valence-corrected chi connectivity index (χ1v) is 7.09. The minimum absolute atomic E-state index is 0.293. The summed E-state index contributed by atoms with van der Waals surface area (Å²) in [6, 6.07) is 11.9. The fourth-order valence-corrected chi connectivity index (χ4v) is 2.61. The summed E-state index contributed by atoms with van der Waals surface area (Å²) in [5.41, 5.74) is 2.31. The van der Waals surface area contributed by atoms with E-state index in [9.17, 15) is 4.39 Å². The molecule has 0 atom stereocenters. The minimum Gasteiger partial charge on any atom is -0.296 e. The molecule has 0 spiro atoms. The van der Waals surface area contributed by atoms with Crippen LogP contribution in [0, 0.1) is 5.82 Å². The van der Waals surface area contributed by atoms with E-state index >= 15 is 0 Å². The number of halogens is 3. The smallest absolute Gasteiger partial charge is 0.125 e. The van der Waals surface area contributed by atoms with E-state index < -0.39 is 0 Å². The summed E-state index contributed by atoms with van der Waals surface area (Å²) in [6.45, 7) is 0. The van der Waals surface area contributed by atoms with E-state index in [1.165, 1.54) is 12.1 Å². The second-order valence-corrected chi connectivity index (χ2v) is 5.23. The molecule has 0 saturated carbocycles. The largest absolute Gasteiger partial charge is 0.296 e. The van der Waals surface area contributed by atoms with Gasteiger partial charge in [0.1, 0.15) is 11.6 Å². The first-order chi connectivity index (χ1) is 9.69. The van der Waals surface area contributed by atoms with Gasteiger partial charge in [0, 0.05) is 29.1 Å². The highest BCUT2D eigenvalue weighted by atomic mass is 35.5. The topological polar surface area (TPSA) is 17.8 Å². The summed E-state index contributed by atoms with van der Waals surface area (Å²) >= 11 is 11.9. The molecule has 0 radical (unpaired) electrons. The summed E-state index contributed by atoms with van der Waals surface area (Å²) < 4.78 is 15.4. The Balaban J connectivity index is 2.30. The van der Waals surface area contributed by atoms with Crippen LogP contribution in [-0.4, -0.2) is 15.4 Å². The van der Waals surface area contributed by atoms with E-state index in [1.807, 2.05) is 22.8 Å². The molecule has 3 aromatic rings. The molecule has 20 heavy (non-hydrogen) atoms. The molecule has 3 rings (SSSR count). The lowest BCUT2D eigenvalue weighted by Crippen LogP contribution is -2.02. The van der Waals surface area contributed by atoms with Gasteiger partial charge in [0.15, 0.2) is 0 Å². The second kappa shape index (κ2) is 5.43. The maximum atomic E-state index is 13.5. The lowest BCUT2D eigenvalue weighted by Gasteiger charge is -2.09. The van der Waals surface area contributed by atoms with Crippen molar-refractivity contribution in [1.82, 2.24) is 9.55 Å². The van der Waals surface area contributed by atoms with Crippen molar-refractivity contribution in [3.63, 3.8) is 0 Å². The van der Waals surface area contributed by atoms with Gasteiger partial charge in [-0.2, -0.15) is 0 Å². The highest BCUT2D eigenvalue weighted by Gasteiger charge is 2.13. The zero-order valence-electron chi connectivity index (χ0n) is 10.5. The maximum Gasteiger partial charge on any atom is 0.125 e. The van der Waals surface area contributed by atoms with E-state index in [0.29, 0.717) is 22.8 Å². The van der Waals surface area contributed by atoms with Crippen molar-refractivity contribution in [2.75, 3.05) is 5.88 Å². The molecule has 0 aliphatic rings. The van der Waals surface area contributed by atoms with Gasteiger partial charge in [0.05, 0.1) is 11.0 Å². The molecule has 5 heteroatoms. The standard InChI is InChI=1S/C15H11Cl2FN2/c16-7-6-15-19-13-5-4-11(18)9-14(13)20(15)12-3-1-2-10(17)8-12/h1-5,8-9H,6-7H2. The van der Waals surface area contributed by atoms with Gasteiger partial charge in [-0.15, -0.1) is 11.6 Å². The molecule has 0 aliphatic heterocycles. The van der Waals surface area contributed by atoms with Crippen molar-refractivity contribution >= 4 is 34.2 Å². The van der Waals surface area contributed by atoms with Crippen LogP contribution in [0.3, 0.4) is 0 Å². The van der Waals surface area contributed by atoms with Crippen LogP contribution in [0.15, 0.2) is 42.5 Å². The van der Waals surface area contributed by atoms with Gasteiger partial charge in [-0.1, -0.05) is 17.7 Å². The molecule has 0 saturated heterocycles. The molecule has 102 valence electrons. The third-order valence-electron chi connectivity index (χ3n) is 3.07. The van der Waals surface area contributed by atoms with Gasteiger partial charge in [-0.05, 0) is 30.3 Å². The summed E-state index contributed by atoms with van der Waals surface area (Å²) in [5, 5.41) is 0.623. The van der Waals surface area contributed by atoms with Crippen LogP contribution < -0.4 is 0 Å². The fraction of sp³-hybridized carbons (Fsp3) is 0.133. The molecule has 1 aromatic heterocycles. The third-order valence-corrected chi connectivity index (χ3v) is 3.49. The normalized spacial score (nSPS) is 11.2. The van der Waals surface area contributed by atoms with Gasteiger partial charge in [-0.25, -0.2) is 9.37 Å². The number of alkyl halides is 1. The Hall–Kier alpha value is -1.58. The quantitative estimate of drug-likeness (QED) is 0.647. The van der Waals surface area contributed by atoms with E-state index in [2.05, 4.69) is 4.98 Å². The zero-order valence-corrected chi connectivity index (χ0v) is 12.0. The zero-order chi connectivity index (χ0) is 14.1. The number of imidazole rings is 1. The van der Waals surface area contributed by atoms with Crippen molar-refractivity contribution in [2.45, 2.75) is 6.42 Å². The molecule has 0 unspecified atom stereocenters. The van der Waals surface area contributed by atoms with Crippen LogP contribution in [0.1, 0.15) is 5.82 Å². The average Bonchev–Trinajstić information content (AvgIpc) is 2.76. The number of fused-ring (bicyclic) bond motifs is 1. The molecule has 2 aromatic carbocycles. The number of hydrogen-bond donors (Lipinski definition) is 0. The monoisotopic (exact) mass is 308 g/mol. The number of aryl methyl sites for hydroxylation is 1. The van der Waals surface area contributed by atoms with E-state index in [0.717, 1.165) is 17.0 Å². The van der Waals surface area contributed by atoms with Crippen molar-refractivity contribution in [3.8, 4) is 5.69 Å². The molecule has 1 heterocycles. The van der Waals surface area contributed by atoms with Gasteiger partial charge < -0.3 is 0 Å². The predicted octanol–water partition coefficient (Wildman–Crippen LogP) is 4.60. The average molecular weight is 309 g/mol. The Bertz CT molecular complexity index is 768. The molecule has 2 nitrogen and oxygen atoms in total. The summed E-state index contributed by atoms with van der Waals surface area (Å²) in [7, 11) is 0. The fourth-order valence-electron chi connectivity index (χ4n) is 2.25. The first-order valence-electron chi connectivity index (χ1n) is 6.18. The molecular formula is C15H11Cl2FN2. The highest BCUT2D eigenvalue weighted by molar-refractivity contribution is 6.30. The summed E-state index contributed by atoms with van der Waals surface area (Å²) in [4.78, 5) is 4.52. The van der Waals surface area contributed by atoms with Crippen LogP contribution in [0.25, 0.3) is 16.7 Å². The van der Waals surface area contributed by atoms with Crippen molar-refractivity contribution in [3.05, 3.63) is 59.1 Å². The first kappa shape index (κ1) is 13.4. The minimum atomic E-state index is -0.293. The second-order valence-electron chi connectivity index (χ2n) is 4.42. The Morgan fingerprint density at radius 2 is 2.00 bits per heavy atom. The highest BCUT2D eigenvalue weighted by Crippen LogP contribution is 2.24. The Labute approximate surface area is 125 Å². The Morgan fingerprint density at radius 1 is 1.15 bits per heavy atom. The number of rotatable bonds is 3. The van der Waals surface area contributed by atoms with Crippen LogP contribution in [0.2, 0.25) is 5.02 Å². The van der Waals surface area contributed by atoms with Crippen molar-refractivity contribution in [1.29, 1.82) is 0 Å². The third kappa shape index (κ3) is 2.39. The molecule has 0 bridgehead atoms. The number of benzene rings is 2. The van der Waals surface area contributed by atoms with Gasteiger partial charge in [0.2, 0.25) is 0 Å². The SMILES string of the molecule is Fc1ccc2nc(CCCl)n(-c3cccc(Cl)c3)c2c1. The Kier molecular flexibility index (Phi) is 3.64. The number of aromatic nitrogens is 2. The van der Waals surface area contributed by atoms with Crippen molar-refractivity contribution < 1.29 is 4.39 Å². The lowest BCUT2D eigenvalue weighted by molar-refractivity contribution is 0.629. The summed E-state index contributed by atoms with van der Waals surface area (Å²) in [5.74, 6) is 0.952. The number of nitrogens with zero attached hydrogens (tertiary/aromatic N) is 2.